The van der Waals surface area contributed by atoms with Crippen molar-refractivity contribution in [3.8, 4) is 6.07 Å². The maximum atomic E-state index is 12.3. The molecule has 0 saturated carbocycles. The molecule has 5 nitrogen and oxygen atoms in total. The molecule has 1 unspecified atom stereocenters. The van der Waals surface area contributed by atoms with Gasteiger partial charge in [0.1, 0.15) is 6.04 Å². The normalized spacial score (nSPS) is 18.8. The Labute approximate surface area is 117 Å². The van der Waals surface area contributed by atoms with Gasteiger partial charge in [-0.2, -0.15) is 5.26 Å². The van der Waals surface area contributed by atoms with Gasteiger partial charge in [-0.1, -0.05) is 31.2 Å². The molecule has 0 aromatic heterocycles. The number of hydrogen-bond acceptors (Lipinski definition) is 3. The van der Waals surface area contributed by atoms with Gasteiger partial charge in [0, 0.05) is 25.3 Å². The van der Waals surface area contributed by atoms with Gasteiger partial charge in [0.15, 0.2) is 0 Å². The van der Waals surface area contributed by atoms with E-state index in [-0.39, 0.29) is 12.3 Å². The van der Waals surface area contributed by atoms with E-state index in [2.05, 4.69) is 0 Å². The first-order chi connectivity index (χ1) is 9.54. The Kier molecular flexibility index (Phi) is 4.04. The summed E-state index contributed by atoms with van der Waals surface area (Å²) in [5.41, 5.74) is 1.94. The lowest BCUT2D eigenvalue weighted by Gasteiger charge is -2.35. The lowest BCUT2D eigenvalue weighted by Crippen LogP contribution is -2.50. The molecule has 0 bridgehead atoms. The van der Waals surface area contributed by atoms with Gasteiger partial charge in [0.25, 0.3) is 0 Å². The Morgan fingerprint density at radius 2 is 2.10 bits per heavy atom. The number of rotatable bonds is 3. The molecule has 0 spiro atoms. The van der Waals surface area contributed by atoms with Crippen molar-refractivity contribution in [2.75, 3.05) is 0 Å². The van der Waals surface area contributed by atoms with E-state index in [1.165, 1.54) is 4.90 Å². The van der Waals surface area contributed by atoms with Crippen molar-refractivity contribution < 1.29 is 14.7 Å². The number of carbonyl (C=O) groups is 2. The number of nitrogens with zero attached hydrogens (tertiary/aromatic N) is 2. The van der Waals surface area contributed by atoms with Gasteiger partial charge in [0.05, 0.1) is 6.07 Å². The molecule has 0 aliphatic carbocycles. The molecule has 5 heteroatoms. The summed E-state index contributed by atoms with van der Waals surface area (Å²) in [6.45, 7) is 1.95. The van der Waals surface area contributed by atoms with E-state index in [1.54, 1.807) is 6.92 Å². The van der Waals surface area contributed by atoms with E-state index < -0.39 is 17.9 Å². The minimum absolute atomic E-state index is 0.101. The van der Waals surface area contributed by atoms with Gasteiger partial charge in [0.2, 0.25) is 5.91 Å². The van der Waals surface area contributed by atoms with Crippen LogP contribution in [0.5, 0.6) is 0 Å². The van der Waals surface area contributed by atoms with Crippen molar-refractivity contribution in [3.05, 3.63) is 35.4 Å². The maximum absolute atomic E-state index is 12.3. The summed E-state index contributed by atoms with van der Waals surface area (Å²) >= 11 is 0. The van der Waals surface area contributed by atoms with Crippen molar-refractivity contribution in [2.24, 2.45) is 5.92 Å². The van der Waals surface area contributed by atoms with Crippen molar-refractivity contribution in [2.45, 2.75) is 32.4 Å². The largest absolute Gasteiger partial charge is 0.480 e. The average molecular weight is 272 g/mol. The van der Waals surface area contributed by atoms with Crippen LogP contribution in [-0.4, -0.2) is 27.9 Å². The predicted octanol–water partition coefficient (Wildman–Crippen LogP) is 1.57. The standard InChI is InChI=1S/C15H16N2O3/c1-10(6-7-16)14(18)17-9-12-5-3-2-4-11(12)8-13(17)15(19)20/h2-5,10,13H,6,8-9H2,1H3,(H,19,20)/t10-,13?/m0/s1. The summed E-state index contributed by atoms with van der Waals surface area (Å²) in [5, 5.41) is 18.0. The first-order valence-corrected chi connectivity index (χ1v) is 6.51. The molecular formula is C15H16N2O3. The van der Waals surface area contributed by atoms with Gasteiger partial charge in [-0.3, -0.25) is 4.79 Å². The summed E-state index contributed by atoms with van der Waals surface area (Å²) in [4.78, 5) is 25.1. The molecule has 1 aromatic carbocycles. The fourth-order valence-electron chi connectivity index (χ4n) is 2.48. The molecule has 1 aliphatic rings. The highest BCUT2D eigenvalue weighted by atomic mass is 16.4. The number of carbonyl (C=O) groups excluding carboxylic acids is 1. The minimum atomic E-state index is -1.00. The molecule has 0 saturated heterocycles. The zero-order valence-corrected chi connectivity index (χ0v) is 11.2. The van der Waals surface area contributed by atoms with Crippen LogP contribution in [0, 0.1) is 17.2 Å². The molecule has 1 aliphatic heterocycles. The van der Waals surface area contributed by atoms with E-state index in [0.717, 1.165) is 11.1 Å². The molecular weight excluding hydrogens is 256 g/mol. The predicted molar refractivity (Wildman–Crippen MR) is 71.5 cm³/mol. The van der Waals surface area contributed by atoms with Crippen LogP contribution < -0.4 is 0 Å². The van der Waals surface area contributed by atoms with Crippen LogP contribution >= 0.6 is 0 Å². The smallest absolute Gasteiger partial charge is 0.326 e. The number of nitriles is 1. The molecule has 1 amide bonds. The van der Waals surface area contributed by atoms with Crippen LogP contribution in [0.3, 0.4) is 0 Å². The molecule has 20 heavy (non-hydrogen) atoms. The topological polar surface area (TPSA) is 81.4 Å². The molecule has 2 atom stereocenters. The molecule has 104 valence electrons. The Bertz CT molecular complexity index is 577. The fourth-order valence-corrected chi connectivity index (χ4v) is 2.48. The van der Waals surface area contributed by atoms with Crippen molar-refractivity contribution in [1.82, 2.24) is 4.90 Å². The average Bonchev–Trinajstić information content (AvgIpc) is 2.45. The Balaban J connectivity index is 2.29. The highest BCUT2D eigenvalue weighted by molar-refractivity contribution is 5.85. The van der Waals surface area contributed by atoms with Crippen LogP contribution in [0.4, 0.5) is 0 Å². The second kappa shape index (κ2) is 5.74. The molecule has 1 N–H and O–H groups in total. The Morgan fingerprint density at radius 1 is 1.45 bits per heavy atom. The number of benzene rings is 1. The summed E-state index contributed by atoms with van der Waals surface area (Å²) in [6.07, 6.45) is 0.417. The summed E-state index contributed by atoms with van der Waals surface area (Å²) < 4.78 is 0. The molecule has 0 radical (unpaired) electrons. The van der Waals surface area contributed by atoms with Crippen molar-refractivity contribution in [1.29, 1.82) is 5.26 Å². The Hall–Kier alpha value is -2.35. The monoisotopic (exact) mass is 272 g/mol. The lowest BCUT2D eigenvalue weighted by atomic mass is 9.92. The van der Waals surface area contributed by atoms with Gasteiger partial charge in [-0.25, -0.2) is 4.79 Å². The number of amides is 1. The van der Waals surface area contributed by atoms with Gasteiger partial charge >= 0.3 is 5.97 Å². The molecule has 1 aromatic rings. The van der Waals surface area contributed by atoms with Crippen LogP contribution in [0.1, 0.15) is 24.5 Å². The van der Waals surface area contributed by atoms with E-state index in [0.29, 0.717) is 13.0 Å². The summed E-state index contributed by atoms with van der Waals surface area (Å²) in [7, 11) is 0. The minimum Gasteiger partial charge on any atom is -0.480 e. The fraction of sp³-hybridized carbons (Fsp3) is 0.400. The third-order valence-corrected chi connectivity index (χ3v) is 3.64. The zero-order chi connectivity index (χ0) is 14.7. The second-order valence-corrected chi connectivity index (χ2v) is 5.06. The highest BCUT2D eigenvalue weighted by Crippen LogP contribution is 2.25. The number of hydrogen-bond donors (Lipinski definition) is 1. The van der Waals surface area contributed by atoms with Crippen molar-refractivity contribution in [3.63, 3.8) is 0 Å². The second-order valence-electron chi connectivity index (χ2n) is 5.06. The molecule has 1 heterocycles. The molecule has 0 fully saturated rings. The first-order valence-electron chi connectivity index (χ1n) is 6.51. The first kappa shape index (κ1) is 14.1. The third kappa shape index (κ3) is 2.64. The zero-order valence-electron chi connectivity index (χ0n) is 11.2. The number of fused-ring (bicyclic) bond motifs is 1. The number of carboxylic acid groups (broad SMARTS) is 1. The van der Waals surface area contributed by atoms with E-state index in [9.17, 15) is 14.7 Å². The number of carboxylic acids is 1. The van der Waals surface area contributed by atoms with Gasteiger partial charge in [-0.05, 0) is 11.1 Å². The van der Waals surface area contributed by atoms with Crippen LogP contribution in [0.15, 0.2) is 24.3 Å². The quantitative estimate of drug-likeness (QED) is 0.905. The molecule has 2 rings (SSSR count). The summed E-state index contributed by atoms with van der Waals surface area (Å²) in [5.74, 6) is -1.75. The van der Waals surface area contributed by atoms with Gasteiger partial charge < -0.3 is 10.0 Å². The van der Waals surface area contributed by atoms with E-state index in [1.807, 2.05) is 30.3 Å². The highest BCUT2D eigenvalue weighted by Gasteiger charge is 2.35. The van der Waals surface area contributed by atoms with E-state index >= 15 is 0 Å². The van der Waals surface area contributed by atoms with Crippen LogP contribution in [0.25, 0.3) is 0 Å². The lowest BCUT2D eigenvalue weighted by molar-refractivity contribution is -0.153. The van der Waals surface area contributed by atoms with Crippen molar-refractivity contribution >= 4 is 11.9 Å². The van der Waals surface area contributed by atoms with Gasteiger partial charge in [-0.15, -0.1) is 0 Å². The van der Waals surface area contributed by atoms with Crippen LogP contribution in [-0.2, 0) is 22.6 Å². The third-order valence-electron chi connectivity index (χ3n) is 3.64. The summed E-state index contributed by atoms with van der Waals surface area (Å²) in [6, 6.07) is 8.65. The Morgan fingerprint density at radius 3 is 2.70 bits per heavy atom. The van der Waals surface area contributed by atoms with Crippen LogP contribution in [0.2, 0.25) is 0 Å². The van der Waals surface area contributed by atoms with E-state index in [4.69, 9.17) is 5.26 Å². The number of aliphatic carboxylic acids is 1. The maximum Gasteiger partial charge on any atom is 0.326 e. The SMILES string of the molecule is C[C@@H](CC#N)C(=O)N1Cc2ccccc2CC1C(=O)O.